The van der Waals surface area contributed by atoms with Gasteiger partial charge in [-0.1, -0.05) is 121 Å². The number of para-hydroxylation sites is 2. The largest absolute Gasteiger partial charge is 0.310 e. The minimum atomic E-state index is -3.67. The van der Waals surface area contributed by atoms with E-state index in [-0.39, 0.29) is 0 Å². The average molecular weight is 580 g/mol. The first kappa shape index (κ1) is 25.2. The van der Waals surface area contributed by atoms with Gasteiger partial charge in [-0.2, -0.15) is 0 Å². The van der Waals surface area contributed by atoms with Crippen LogP contribution in [0.25, 0.3) is 0 Å². The average Bonchev–Trinajstić information content (AvgIpc) is 3.04. The van der Waals surface area contributed by atoms with Crippen molar-refractivity contribution < 1.29 is 8.42 Å². The fourth-order valence-corrected chi connectivity index (χ4v) is 9.81. The van der Waals surface area contributed by atoms with Gasteiger partial charge in [0, 0.05) is 15.5 Å². The van der Waals surface area contributed by atoms with Crippen LogP contribution in [0.4, 0.5) is 17.1 Å². The predicted molar refractivity (Wildman–Crippen MR) is 169 cm³/mol. The van der Waals surface area contributed by atoms with Gasteiger partial charge in [-0.05, 0) is 64.7 Å². The molecule has 0 saturated carbocycles. The van der Waals surface area contributed by atoms with Gasteiger partial charge in [0.1, 0.15) is 0 Å². The molecule has 0 aliphatic carbocycles. The number of hydrogen-bond donors (Lipinski definition) is 0. The van der Waals surface area contributed by atoms with Crippen molar-refractivity contribution in [3.8, 4) is 0 Å². The third-order valence-electron chi connectivity index (χ3n) is 8.35. The maximum absolute atomic E-state index is 13.9. The lowest BCUT2D eigenvalue weighted by Crippen LogP contribution is -2.37. The molecule has 202 valence electrons. The van der Waals surface area contributed by atoms with Crippen molar-refractivity contribution in [1.29, 1.82) is 0 Å². The van der Waals surface area contributed by atoms with Gasteiger partial charge < -0.3 is 4.90 Å². The van der Waals surface area contributed by atoms with E-state index >= 15 is 0 Å². The third-order valence-corrected chi connectivity index (χ3v) is 11.6. The molecule has 8 rings (SSSR count). The molecule has 0 aromatic heterocycles. The van der Waals surface area contributed by atoms with Crippen LogP contribution in [0, 0.1) is 0 Å². The lowest BCUT2D eigenvalue weighted by molar-refractivity contribution is 0.591. The van der Waals surface area contributed by atoms with E-state index in [0.29, 0.717) is 9.79 Å². The highest BCUT2D eigenvalue weighted by Crippen LogP contribution is 2.58. The molecule has 5 heteroatoms. The van der Waals surface area contributed by atoms with Crippen molar-refractivity contribution in [2.75, 3.05) is 4.90 Å². The van der Waals surface area contributed by atoms with E-state index in [9.17, 15) is 8.42 Å². The Morgan fingerprint density at radius 3 is 1.62 bits per heavy atom. The van der Waals surface area contributed by atoms with E-state index in [2.05, 4.69) is 114 Å². The Morgan fingerprint density at radius 2 is 1.00 bits per heavy atom. The molecule has 3 nitrogen and oxygen atoms in total. The van der Waals surface area contributed by atoms with Crippen molar-refractivity contribution in [2.45, 2.75) is 25.0 Å². The SMILES string of the molecule is O=S1(=O)c2ccccc2Sc2ccc(N3c4ccccc4C(c4ccccc4)(c4ccccc4)c4ccccc43)cc21. The van der Waals surface area contributed by atoms with Crippen LogP contribution < -0.4 is 4.90 Å². The smallest absolute Gasteiger partial charge is 0.208 e. The number of fused-ring (bicyclic) bond motifs is 4. The minimum Gasteiger partial charge on any atom is -0.310 e. The molecule has 0 bridgehead atoms. The normalized spacial score (nSPS) is 15.6. The Labute approximate surface area is 250 Å². The zero-order valence-electron chi connectivity index (χ0n) is 22.5. The number of nitrogens with zero attached hydrogens (tertiary/aromatic N) is 1. The van der Waals surface area contributed by atoms with Crippen LogP contribution in [0.2, 0.25) is 0 Å². The first-order valence-corrected chi connectivity index (χ1v) is 16.2. The molecular weight excluding hydrogens is 555 g/mol. The number of rotatable bonds is 3. The first-order chi connectivity index (χ1) is 20.6. The van der Waals surface area contributed by atoms with Crippen LogP contribution in [-0.4, -0.2) is 8.42 Å². The molecule has 2 aliphatic rings. The zero-order chi connectivity index (χ0) is 28.3. The molecule has 0 radical (unpaired) electrons. The zero-order valence-corrected chi connectivity index (χ0v) is 24.1. The summed E-state index contributed by atoms with van der Waals surface area (Å²) in [5, 5.41) is 0. The molecule has 0 unspecified atom stereocenters. The van der Waals surface area contributed by atoms with Crippen LogP contribution in [0.15, 0.2) is 171 Å². The molecule has 2 heterocycles. The summed E-state index contributed by atoms with van der Waals surface area (Å²) in [6, 6.07) is 51.4. The van der Waals surface area contributed by atoms with E-state index in [1.165, 1.54) is 22.9 Å². The van der Waals surface area contributed by atoms with Crippen molar-refractivity contribution >= 4 is 38.7 Å². The molecule has 42 heavy (non-hydrogen) atoms. The Hall–Kier alpha value is -4.58. The van der Waals surface area contributed by atoms with Crippen molar-refractivity contribution in [3.05, 3.63) is 174 Å². The molecule has 0 atom stereocenters. The standard InChI is InChI=1S/C37H25NO2S2/c39-42(40)35-22-12-11-21-33(35)41-34-24-23-28(25-36(34)42)38-31-19-9-7-17-29(31)37(26-13-3-1-4-14-26,27-15-5-2-6-16-27)30-18-8-10-20-32(30)38/h1-25H. The molecule has 0 spiro atoms. The van der Waals surface area contributed by atoms with Gasteiger partial charge in [-0.3, -0.25) is 0 Å². The van der Waals surface area contributed by atoms with Crippen LogP contribution in [0.1, 0.15) is 22.3 Å². The van der Waals surface area contributed by atoms with E-state index in [0.717, 1.165) is 38.0 Å². The number of sulfone groups is 1. The maximum atomic E-state index is 13.9. The Balaban J connectivity index is 1.42. The molecule has 0 amide bonds. The Morgan fingerprint density at radius 1 is 0.500 bits per heavy atom. The minimum absolute atomic E-state index is 0.349. The van der Waals surface area contributed by atoms with Crippen LogP contribution >= 0.6 is 11.8 Å². The summed E-state index contributed by atoms with van der Waals surface area (Å²) in [6.07, 6.45) is 0. The second-order valence-corrected chi connectivity index (χ2v) is 13.5. The molecular formula is C37H25NO2S2. The van der Waals surface area contributed by atoms with E-state index in [1.807, 2.05) is 30.3 Å². The van der Waals surface area contributed by atoms with E-state index < -0.39 is 15.3 Å². The van der Waals surface area contributed by atoms with E-state index in [1.54, 1.807) is 12.1 Å². The highest BCUT2D eigenvalue weighted by Gasteiger charge is 2.46. The monoisotopic (exact) mass is 579 g/mol. The van der Waals surface area contributed by atoms with Crippen molar-refractivity contribution in [1.82, 2.24) is 0 Å². The summed E-state index contributed by atoms with van der Waals surface area (Å²) < 4.78 is 27.7. The van der Waals surface area contributed by atoms with Gasteiger partial charge in [0.2, 0.25) is 9.84 Å². The second kappa shape index (κ2) is 9.48. The second-order valence-electron chi connectivity index (χ2n) is 10.5. The highest BCUT2D eigenvalue weighted by atomic mass is 32.2. The van der Waals surface area contributed by atoms with Gasteiger partial charge in [0.15, 0.2) is 0 Å². The molecule has 0 saturated heterocycles. The fourth-order valence-electron chi connectivity index (χ4n) is 6.61. The van der Waals surface area contributed by atoms with E-state index in [4.69, 9.17) is 0 Å². The molecule has 0 N–H and O–H groups in total. The summed E-state index contributed by atoms with van der Waals surface area (Å²) >= 11 is 1.51. The fraction of sp³-hybridized carbons (Fsp3) is 0.0270. The van der Waals surface area contributed by atoms with Gasteiger partial charge in [-0.25, -0.2) is 8.42 Å². The topological polar surface area (TPSA) is 37.4 Å². The van der Waals surface area contributed by atoms with Crippen molar-refractivity contribution in [3.63, 3.8) is 0 Å². The van der Waals surface area contributed by atoms with Gasteiger partial charge in [0.25, 0.3) is 0 Å². The summed E-state index contributed by atoms with van der Waals surface area (Å²) in [7, 11) is -3.67. The quantitative estimate of drug-likeness (QED) is 0.209. The molecule has 6 aromatic carbocycles. The predicted octanol–water partition coefficient (Wildman–Crippen LogP) is 9.15. The maximum Gasteiger partial charge on any atom is 0.208 e. The van der Waals surface area contributed by atoms with Crippen LogP contribution in [0.3, 0.4) is 0 Å². The summed E-state index contributed by atoms with van der Waals surface area (Å²) in [5.74, 6) is 0. The third kappa shape index (κ3) is 3.50. The van der Waals surface area contributed by atoms with Gasteiger partial charge in [-0.15, -0.1) is 0 Å². The Kier molecular flexibility index (Phi) is 5.68. The molecule has 6 aromatic rings. The molecule has 0 fully saturated rings. The summed E-state index contributed by atoms with van der Waals surface area (Å²) in [5.41, 5.74) is 6.92. The van der Waals surface area contributed by atoms with Crippen molar-refractivity contribution in [2.24, 2.45) is 0 Å². The van der Waals surface area contributed by atoms with Crippen LogP contribution in [-0.2, 0) is 15.3 Å². The number of anilines is 3. The highest BCUT2D eigenvalue weighted by molar-refractivity contribution is 8.02. The van der Waals surface area contributed by atoms with Gasteiger partial charge in [0.05, 0.1) is 26.6 Å². The van der Waals surface area contributed by atoms with Gasteiger partial charge >= 0.3 is 0 Å². The first-order valence-electron chi connectivity index (χ1n) is 13.9. The number of hydrogen-bond acceptors (Lipinski definition) is 4. The lowest BCUT2D eigenvalue weighted by atomic mass is 9.62. The summed E-state index contributed by atoms with van der Waals surface area (Å²) in [6.45, 7) is 0. The van der Waals surface area contributed by atoms with Crippen LogP contribution in [0.5, 0.6) is 0 Å². The molecule has 2 aliphatic heterocycles. The summed E-state index contributed by atoms with van der Waals surface area (Å²) in [4.78, 5) is 4.45. The number of benzene rings is 6. The Bertz CT molecular complexity index is 2000. The lowest BCUT2D eigenvalue weighted by Gasteiger charge is -2.46.